The smallest absolute Gasteiger partial charge is 0.338 e. The van der Waals surface area contributed by atoms with Gasteiger partial charge in [0.25, 0.3) is 0 Å². The van der Waals surface area contributed by atoms with Crippen molar-refractivity contribution in [1.29, 1.82) is 0 Å². The fourth-order valence-corrected chi connectivity index (χ4v) is 8.60. The molecule has 3 atom stereocenters. The average Bonchev–Trinajstić information content (AvgIpc) is 3.85. The lowest BCUT2D eigenvalue weighted by molar-refractivity contribution is -0.147. The number of aromatic nitrogens is 2. The lowest BCUT2D eigenvalue weighted by Crippen LogP contribution is -2.45. The second-order valence-corrected chi connectivity index (χ2v) is 15.5. The van der Waals surface area contributed by atoms with Crippen molar-refractivity contribution < 1.29 is 49.1 Å². The van der Waals surface area contributed by atoms with Crippen LogP contribution in [0.1, 0.15) is 96.9 Å². The topological polar surface area (TPSA) is 234 Å². The van der Waals surface area contributed by atoms with Crippen LogP contribution in [0.2, 0.25) is 0 Å². The fraction of sp³-hybridized carbons (Fsp3) is 0.311. The molecule has 0 fully saturated rings. The van der Waals surface area contributed by atoms with Crippen molar-refractivity contribution in [3.63, 3.8) is 0 Å². The Bertz CT molecular complexity index is 2760. The number of ether oxygens (including phenoxy) is 1. The van der Waals surface area contributed by atoms with E-state index < -0.39 is 60.5 Å². The van der Waals surface area contributed by atoms with Crippen molar-refractivity contribution in [2.24, 2.45) is 21.8 Å². The molecule has 3 aromatic rings. The Morgan fingerprint density at radius 1 is 0.902 bits per heavy atom. The Labute approximate surface area is 349 Å². The van der Waals surface area contributed by atoms with Crippen molar-refractivity contribution in [3.05, 3.63) is 96.7 Å². The molecule has 6 N–H and O–H groups in total. The van der Waals surface area contributed by atoms with Crippen LogP contribution in [0.3, 0.4) is 0 Å². The number of nitrogens with one attached hydrogen (secondary N) is 2. The summed E-state index contributed by atoms with van der Waals surface area (Å²) in [5.74, 6) is -6.64. The van der Waals surface area contributed by atoms with Gasteiger partial charge in [-0.25, -0.2) is 29.5 Å². The van der Waals surface area contributed by atoms with Crippen LogP contribution >= 0.6 is 0 Å². The number of aromatic carboxylic acids is 1. The van der Waals surface area contributed by atoms with Gasteiger partial charge in [-0.15, -0.1) is 0 Å². The van der Waals surface area contributed by atoms with Crippen LogP contribution in [-0.2, 0) is 19.2 Å². The number of aliphatic carboxylic acids is 3. The zero-order valence-electron chi connectivity index (χ0n) is 34.5. The van der Waals surface area contributed by atoms with Crippen LogP contribution in [-0.4, -0.2) is 84.1 Å². The third-order valence-corrected chi connectivity index (χ3v) is 11.8. The van der Waals surface area contributed by atoms with E-state index >= 15 is 0 Å². The predicted molar refractivity (Wildman–Crippen MR) is 229 cm³/mol. The third kappa shape index (κ3) is 7.72. The van der Waals surface area contributed by atoms with Gasteiger partial charge < -0.3 is 30.5 Å². The maximum Gasteiger partial charge on any atom is 0.338 e. The molecule has 0 aliphatic carbocycles. The maximum atomic E-state index is 14.0. The molecule has 6 bridgehead atoms. The van der Waals surface area contributed by atoms with Gasteiger partial charge in [-0.3, -0.25) is 19.4 Å². The number of nitrogens with zero attached hydrogens (tertiary/aromatic N) is 4. The quantitative estimate of drug-likeness (QED) is 0.131. The van der Waals surface area contributed by atoms with Crippen molar-refractivity contribution in [3.8, 4) is 5.75 Å². The summed E-state index contributed by atoms with van der Waals surface area (Å²) in [6.45, 7) is 9.52. The Balaban J connectivity index is 1.61. The van der Waals surface area contributed by atoms with Gasteiger partial charge in [0.2, 0.25) is 5.91 Å². The van der Waals surface area contributed by atoms with E-state index in [0.717, 1.165) is 27.8 Å². The zero-order valence-corrected chi connectivity index (χ0v) is 34.5. The number of aliphatic imine (C=N–C) groups is 2. The molecule has 2 aromatic heterocycles. The first-order chi connectivity index (χ1) is 29.0. The molecule has 16 heteroatoms. The van der Waals surface area contributed by atoms with Crippen molar-refractivity contribution in [2.45, 2.75) is 72.8 Å². The van der Waals surface area contributed by atoms with E-state index in [-0.39, 0.29) is 35.0 Å². The Kier molecular flexibility index (Phi) is 11.3. The number of allylic oxidation sites excluding steroid dienone is 3. The third-order valence-electron chi connectivity index (χ3n) is 11.8. The van der Waals surface area contributed by atoms with Gasteiger partial charge >= 0.3 is 23.9 Å². The van der Waals surface area contributed by atoms with Crippen LogP contribution in [0, 0.1) is 25.7 Å². The largest absolute Gasteiger partial charge is 0.497 e. The second kappa shape index (κ2) is 16.4. The number of fused-ring (bicyclic) bond motifs is 2. The first kappa shape index (κ1) is 41.9. The summed E-state index contributed by atoms with van der Waals surface area (Å²) in [6.07, 6.45) is 8.55. The molecule has 6 heterocycles. The lowest BCUT2D eigenvalue weighted by atomic mass is 9.82. The number of carboxylic acids is 4. The van der Waals surface area contributed by atoms with E-state index in [1.807, 2.05) is 80.9 Å². The zero-order chi connectivity index (χ0) is 44.0. The van der Waals surface area contributed by atoms with Gasteiger partial charge in [0.15, 0.2) is 0 Å². The SMILES string of the molecule is CCC1=C(C)C2=Cc3c(/C=C/c4ccc(OC)cc4)c(C)c4n3Nn3c(c(C)c(C(=O)O)c3=C(CC(=O)N[C@@H](CC(=O)O)C(=O)O)C3=NC(=C4)[C@@H](C)[C@@H]3CCC(=O)O)=CC1=N2. The molecule has 16 nitrogen and oxygen atoms in total. The average molecular weight is 831 g/mol. The minimum atomic E-state index is -1.79. The lowest BCUT2D eigenvalue weighted by Gasteiger charge is -2.21. The number of hydrogen-bond acceptors (Lipinski definition) is 9. The Morgan fingerprint density at radius 3 is 2.25 bits per heavy atom. The number of carbonyl (C=O) groups excluding carboxylic acids is 1. The number of carbonyl (C=O) groups is 5. The van der Waals surface area contributed by atoms with E-state index in [1.54, 1.807) is 24.8 Å². The molecule has 1 amide bonds. The van der Waals surface area contributed by atoms with Gasteiger partial charge in [-0.1, -0.05) is 38.1 Å². The monoisotopic (exact) mass is 830 g/mol. The number of methoxy groups -OCH3 is 1. The molecule has 0 unspecified atom stereocenters. The molecule has 316 valence electrons. The normalized spacial score (nSPS) is 18.0. The molecular formula is C45H46N6O10. The highest BCUT2D eigenvalue weighted by Gasteiger charge is 2.39. The summed E-state index contributed by atoms with van der Waals surface area (Å²) < 4.78 is 8.77. The van der Waals surface area contributed by atoms with E-state index in [1.165, 1.54) is 0 Å². The predicted octanol–water partition coefficient (Wildman–Crippen LogP) is 4.62. The summed E-state index contributed by atoms with van der Waals surface area (Å²) in [5.41, 5.74) is 11.7. The molecular weight excluding hydrogens is 785 g/mol. The molecule has 7 rings (SSSR count). The fourth-order valence-electron chi connectivity index (χ4n) is 8.60. The van der Waals surface area contributed by atoms with E-state index in [4.69, 9.17) is 14.7 Å². The molecule has 4 aliphatic heterocycles. The minimum absolute atomic E-state index is 0.0339. The highest BCUT2D eigenvalue weighted by atomic mass is 16.5. The number of rotatable bonds is 14. The minimum Gasteiger partial charge on any atom is -0.497 e. The number of benzene rings is 1. The van der Waals surface area contributed by atoms with E-state index in [9.17, 15) is 44.4 Å². The van der Waals surface area contributed by atoms with E-state index in [0.29, 0.717) is 51.6 Å². The highest BCUT2D eigenvalue weighted by Crippen LogP contribution is 2.41. The van der Waals surface area contributed by atoms with Gasteiger partial charge in [0, 0.05) is 35.1 Å². The van der Waals surface area contributed by atoms with Crippen LogP contribution < -0.4 is 26.3 Å². The molecule has 4 aliphatic rings. The highest BCUT2D eigenvalue weighted by molar-refractivity contribution is 6.26. The summed E-state index contributed by atoms with van der Waals surface area (Å²) in [7, 11) is 1.60. The van der Waals surface area contributed by atoms with Crippen molar-refractivity contribution in [2.75, 3.05) is 12.6 Å². The molecule has 0 saturated carbocycles. The number of amides is 1. The second-order valence-electron chi connectivity index (χ2n) is 15.5. The molecule has 1 aromatic carbocycles. The number of hydrogen-bond donors (Lipinski definition) is 6. The molecule has 61 heavy (non-hydrogen) atoms. The van der Waals surface area contributed by atoms with Crippen molar-refractivity contribution >= 4 is 77.2 Å². The first-order valence-corrected chi connectivity index (χ1v) is 19.8. The van der Waals surface area contributed by atoms with Crippen LogP contribution in [0.25, 0.3) is 36.0 Å². The molecule has 0 radical (unpaired) electrons. The van der Waals surface area contributed by atoms with Gasteiger partial charge in [0.1, 0.15) is 11.8 Å². The maximum absolute atomic E-state index is 14.0. The Morgan fingerprint density at radius 2 is 1.62 bits per heavy atom. The van der Waals surface area contributed by atoms with Gasteiger partial charge in [0.05, 0.1) is 64.7 Å². The van der Waals surface area contributed by atoms with Crippen LogP contribution in [0.15, 0.2) is 56.8 Å². The van der Waals surface area contributed by atoms with Gasteiger partial charge in [-0.2, -0.15) is 0 Å². The Hall–Kier alpha value is -7.23. The summed E-state index contributed by atoms with van der Waals surface area (Å²) >= 11 is 0. The first-order valence-electron chi connectivity index (χ1n) is 19.8. The summed E-state index contributed by atoms with van der Waals surface area (Å²) in [6, 6.07) is 5.80. The molecule has 0 spiro atoms. The van der Waals surface area contributed by atoms with E-state index in [2.05, 4.69) is 10.9 Å². The standard InChI is InChI=1S/C45H46N6O10/c1-7-27-21(2)31-18-37-28(13-10-25-8-11-26(61-6)12-9-25)23(4)35-17-32-22(3)29(14-15-39(53)54)42(48-32)30(16-38(52)47-34(44(57)58)20-40(55)56)43-41(45(59)60)24(5)36(19-33(27)46-31)51(43)49-50(35)37/h8-13,17-19,22,29,34,49H,7,14-16,20H2,1-6H3,(H,47,52)(H,53,54)(H,55,56)(H,57,58)(H,59,60)/b13-10+,31-18?,32-17?,33-19?,35-17?,36-19?,37-18?,42-30?,43-30?/t22-,29-,34-/m0/s1. The number of carboxylic acid groups (broad SMARTS) is 4. The summed E-state index contributed by atoms with van der Waals surface area (Å²) in [4.78, 5) is 73.5. The summed E-state index contributed by atoms with van der Waals surface area (Å²) in [5, 5.41) is 42.9. The van der Waals surface area contributed by atoms with Crippen LogP contribution in [0.4, 0.5) is 0 Å². The van der Waals surface area contributed by atoms with Crippen molar-refractivity contribution in [1.82, 2.24) is 14.7 Å². The van der Waals surface area contributed by atoms with Gasteiger partial charge in [-0.05, 0) is 91.8 Å². The van der Waals surface area contributed by atoms with Crippen LogP contribution in [0.5, 0.6) is 5.75 Å². The molecule has 0 saturated heterocycles.